The lowest BCUT2D eigenvalue weighted by atomic mass is 9.84. The highest BCUT2D eigenvalue weighted by Gasteiger charge is 2.35. The van der Waals surface area contributed by atoms with Gasteiger partial charge in [-0.25, -0.2) is 0 Å². The van der Waals surface area contributed by atoms with E-state index in [-0.39, 0.29) is 5.60 Å². The molecular formula is C19H41NO. The number of ether oxygens (including phenoxy) is 1. The third kappa shape index (κ3) is 8.21. The molecule has 0 bridgehead atoms. The minimum Gasteiger partial charge on any atom is -0.374 e. The maximum absolute atomic E-state index is 6.19. The van der Waals surface area contributed by atoms with E-state index in [1.165, 1.54) is 51.4 Å². The van der Waals surface area contributed by atoms with Crippen molar-refractivity contribution in [3.05, 3.63) is 0 Å². The Hall–Kier alpha value is -0.0800. The normalized spacial score (nSPS) is 13.6. The van der Waals surface area contributed by atoms with Gasteiger partial charge in [0.2, 0.25) is 0 Å². The molecule has 1 N–H and O–H groups in total. The fourth-order valence-electron chi connectivity index (χ4n) is 3.44. The van der Waals surface area contributed by atoms with Gasteiger partial charge in [0.1, 0.15) is 0 Å². The number of hydrogen-bond acceptors (Lipinski definition) is 2. The van der Waals surface area contributed by atoms with Crippen molar-refractivity contribution in [3.8, 4) is 0 Å². The van der Waals surface area contributed by atoms with Gasteiger partial charge in [-0.05, 0) is 32.7 Å². The van der Waals surface area contributed by atoms with Crippen LogP contribution in [0.3, 0.4) is 0 Å². The zero-order valence-electron chi connectivity index (χ0n) is 15.5. The molecule has 0 aromatic carbocycles. The molecule has 21 heavy (non-hydrogen) atoms. The molecule has 2 heteroatoms. The van der Waals surface area contributed by atoms with E-state index in [4.69, 9.17) is 4.74 Å². The Kier molecular flexibility index (Phi) is 13.5. The summed E-state index contributed by atoms with van der Waals surface area (Å²) in [6.07, 6.45) is 13.1. The van der Waals surface area contributed by atoms with Crippen LogP contribution < -0.4 is 5.32 Å². The summed E-state index contributed by atoms with van der Waals surface area (Å²) in [6.45, 7) is 13.0. The molecule has 0 aliphatic carbocycles. The summed E-state index contributed by atoms with van der Waals surface area (Å²) in [4.78, 5) is 0. The van der Waals surface area contributed by atoms with Crippen molar-refractivity contribution < 1.29 is 4.74 Å². The minimum absolute atomic E-state index is 0.0347. The second kappa shape index (κ2) is 13.6. The Morgan fingerprint density at radius 1 is 0.810 bits per heavy atom. The van der Waals surface area contributed by atoms with Crippen LogP contribution in [0.2, 0.25) is 0 Å². The molecular weight excluding hydrogens is 258 g/mol. The number of likely N-dealkylation sites (N-methyl/N-ethyl adjacent to an activating group) is 1. The van der Waals surface area contributed by atoms with Crippen LogP contribution in [-0.2, 0) is 4.74 Å². The molecule has 1 atom stereocenters. The quantitative estimate of drug-likeness (QED) is 0.392. The van der Waals surface area contributed by atoms with E-state index in [1.54, 1.807) is 0 Å². The van der Waals surface area contributed by atoms with Gasteiger partial charge < -0.3 is 10.1 Å². The second-order valence-corrected chi connectivity index (χ2v) is 6.23. The predicted octanol–water partition coefficient (Wildman–Crippen LogP) is 5.70. The van der Waals surface area contributed by atoms with Crippen LogP contribution in [0.1, 0.15) is 98.8 Å². The standard InChI is InChI=1S/C19H41NO/c1-6-11-12-13-14-15-16-17-18(20-9-4)19(7-2,8-3)21-10-5/h18,20H,6-17H2,1-5H3. The fourth-order valence-corrected chi connectivity index (χ4v) is 3.44. The molecule has 0 aliphatic heterocycles. The first-order chi connectivity index (χ1) is 10.2. The van der Waals surface area contributed by atoms with Crippen LogP contribution in [0.15, 0.2) is 0 Å². The first-order valence-electron chi connectivity index (χ1n) is 9.57. The third-order valence-corrected chi connectivity index (χ3v) is 4.81. The van der Waals surface area contributed by atoms with Crippen LogP contribution in [0.4, 0.5) is 0 Å². The lowest BCUT2D eigenvalue weighted by Crippen LogP contribution is -2.52. The topological polar surface area (TPSA) is 21.3 Å². The number of rotatable bonds is 15. The van der Waals surface area contributed by atoms with E-state index in [0.29, 0.717) is 6.04 Å². The van der Waals surface area contributed by atoms with E-state index in [1.807, 2.05) is 0 Å². The molecule has 0 fully saturated rings. The molecule has 0 radical (unpaired) electrons. The van der Waals surface area contributed by atoms with E-state index in [2.05, 4.69) is 39.9 Å². The largest absolute Gasteiger partial charge is 0.374 e. The van der Waals surface area contributed by atoms with E-state index in [0.717, 1.165) is 26.0 Å². The van der Waals surface area contributed by atoms with Crippen LogP contribution in [0.25, 0.3) is 0 Å². The monoisotopic (exact) mass is 299 g/mol. The SMILES string of the molecule is CCCCCCCCCC(NCC)C(CC)(CC)OCC. The summed E-state index contributed by atoms with van der Waals surface area (Å²) in [7, 11) is 0. The van der Waals surface area contributed by atoms with Gasteiger partial charge in [-0.2, -0.15) is 0 Å². The van der Waals surface area contributed by atoms with Gasteiger partial charge in [-0.1, -0.05) is 72.6 Å². The van der Waals surface area contributed by atoms with Crippen molar-refractivity contribution in [2.45, 2.75) is 110 Å². The van der Waals surface area contributed by atoms with Gasteiger partial charge in [0.05, 0.1) is 5.60 Å². The first-order valence-corrected chi connectivity index (χ1v) is 9.57. The highest BCUT2D eigenvalue weighted by atomic mass is 16.5. The Labute approximate surface area is 134 Å². The summed E-state index contributed by atoms with van der Waals surface area (Å²) < 4.78 is 6.19. The Morgan fingerprint density at radius 3 is 1.86 bits per heavy atom. The average molecular weight is 300 g/mol. The molecule has 0 rings (SSSR count). The van der Waals surface area contributed by atoms with Crippen LogP contribution in [0.5, 0.6) is 0 Å². The first kappa shape index (κ1) is 20.9. The molecule has 0 saturated carbocycles. The van der Waals surface area contributed by atoms with Crippen molar-refractivity contribution >= 4 is 0 Å². The zero-order chi connectivity index (χ0) is 16.0. The van der Waals surface area contributed by atoms with Gasteiger partial charge in [0.15, 0.2) is 0 Å². The zero-order valence-corrected chi connectivity index (χ0v) is 15.5. The number of nitrogens with one attached hydrogen (secondary N) is 1. The predicted molar refractivity (Wildman–Crippen MR) is 95.0 cm³/mol. The maximum Gasteiger partial charge on any atom is 0.0829 e. The molecule has 0 aromatic heterocycles. The summed E-state index contributed by atoms with van der Waals surface area (Å²) in [5, 5.41) is 3.70. The van der Waals surface area contributed by atoms with Gasteiger partial charge >= 0.3 is 0 Å². The van der Waals surface area contributed by atoms with E-state index < -0.39 is 0 Å². The highest BCUT2D eigenvalue weighted by molar-refractivity contribution is 4.91. The van der Waals surface area contributed by atoms with E-state index >= 15 is 0 Å². The fraction of sp³-hybridized carbons (Fsp3) is 1.00. The van der Waals surface area contributed by atoms with Crippen molar-refractivity contribution in [2.24, 2.45) is 0 Å². The van der Waals surface area contributed by atoms with E-state index in [9.17, 15) is 0 Å². The summed E-state index contributed by atoms with van der Waals surface area (Å²) in [5.41, 5.74) is 0.0347. The molecule has 0 aromatic rings. The van der Waals surface area contributed by atoms with Gasteiger partial charge in [-0.3, -0.25) is 0 Å². The molecule has 0 saturated heterocycles. The minimum atomic E-state index is 0.0347. The molecule has 0 heterocycles. The molecule has 0 amide bonds. The molecule has 1 unspecified atom stereocenters. The van der Waals surface area contributed by atoms with Crippen molar-refractivity contribution in [3.63, 3.8) is 0 Å². The lowest BCUT2D eigenvalue weighted by Gasteiger charge is -2.40. The van der Waals surface area contributed by atoms with Crippen LogP contribution in [0, 0.1) is 0 Å². The lowest BCUT2D eigenvalue weighted by molar-refractivity contribution is -0.0738. The van der Waals surface area contributed by atoms with Crippen LogP contribution >= 0.6 is 0 Å². The summed E-state index contributed by atoms with van der Waals surface area (Å²) in [5.74, 6) is 0. The van der Waals surface area contributed by atoms with Gasteiger partial charge in [0, 0.05) is 12.6 Å². The molecule has 0 spiro atoms. The number of unbranched alkanes of at least 4 members (excludes halogenated alkanes) is 6. The smallest absolute Gasteiger partial charge is 0.0829 e. The molecule has 2 nitrogen and oxygen atoms in total. The van der Waals surface area contributed by atoms with Crippen molar-refractivity contribution in [1.82, 2.24) is 5.32 Å². The van der Waals surface area contributed by atoms with Crippen LogP contribution in [-0.4, -0.2) is 24.8 Å². The average Bonchev–Trinajstić information content (AvgIpc) is 2.51. The Bertz CT molecular complexity index is 214. The van der Waals surface area contributed by atoms with Gasteiger partial charge in [-0.15, -0.1) is 0 Å². The van der Waals surface area contributed by atoms with Crippen molar-refractivity contribution in [1.29, 1.82) is 0 Å². The van der Waals surface area contributed by atoms with Crippen molar-refractivity contribution in [2.75, 3.05) is 13.2 Å². The summed E-state index contributed by atoms with van der Waals surface area (Å²) in [6, 6.07) is 0.507. The molecule has 128 valence electrons. The highest BCUT2D eigenvalue weighted by Crippen LogP contribution is 2.28. The Morgan fingerprint density at radius 2 is 1.38 bits per heavy atom. The second-order valence-electron chi connectivity index (χ2n) is 6.23. The maximum atomic E-state index is 6.19. The Balaban J connectivity index is 4.20. The van der Waals surface area contributed by atoms with Gasteiger partial charge in [0.25, 0.3) is 0 Å². The molecule has 0 aliphatic rings. The summed E-state index contributed by atoms with van der Waals surface area (Å²) >= 11 is 0. The number of hydrogen-bond donors (Lipinski definition) is 1. The third-order valence-electron chi connectivity index (χ3n) is 4.81.